The molecule has 96 valence electrons. The molecule has 0 radical (unpaired) electrons. The molecule has 1 fully saturated rings. The van der Waals surface area contributed by atoms with Gasteiger partial charge in [-0.3, -0.25) is 9.59 Å². The lowest BCUT2D eigenvalue weighted by molar-refractivity contribution is -0.197. The van der Waals surface area contributed by atoms with E-state index in [0.29, 0.717) is 11.5 Å². The van der Waals surface area contributed by atoms with Crippen molar-refractivity contribution in [2.24, 2.45) is 0 Å². The largest absolute Gasteiger partial charge is 0.335 e. The molecule has 0 aromatic heterocycles. The molecule has 1 rings (SSSR count). The minimum absolute atomic E-state index is 0.0654. The van der Waals surface area contributed by atoms with Crippen LogP contribution in [0, 0.1) is 0 Å². The molecule has 1 aliphatic rings. The molecule has 1 saturated heterocycles. The second kappa shape index (κ2) is 5.77. The Hall–Kier alpha value is -0.690. The van der Waals surface area contributed by atoms with Crippen LogP contribution < -0.4 is 0 Å². The third-order valence-corrected chi connectivity index (χ3v) is 3.04. The van der Waals surface area contributed by atoms with Crippen LogP contribution in [0.25, 0.3) is 0 Å². The number of carbonyl (C=O) groups is 3. The average Bonchev–Trinajstić information content (AvgIpc) is 2.48. The smallest absolute Gasteiger partial charge is 0.330 e. The van der Waals surface area contributed by atoms with Crippen molar-refractivity contribution in [2.45, 2.75) is 43.1 Å². The van der Waals surface area contributed by atoms with E-state index >= 15 is 0 Å². The second-order valence-electron chi connectivity index (χ2n) is 3.95. The Labute approximate surface area is 111 Å². The number of amides is 2. The lowest BCUT2D eigenvalue weighted by atomic mass is 10.2. The molecule has 0 atom stereocenters. The van der Waals surface area contributed by atoms with Gasteiger partial charge >= 0.3 is 5.97 Å². The molecular weight excluding hydrogens is 262 g/mol. The van der Waals surface area contributed by atoms with E-state index in [2.05, 4.69) is 25.3 Å². The van der Waals surface area contributed by atoms with E-state index in [4.69, 9.17) is 4.84 Å². The molecule has 0 N–H and O–H groups in total. The summed E-state index contributed by atoms with van der Waals surface area (Å²) in [4.78, 5) is 38.6. The second-order valence-corrected chi connectivity index (χ2v) is 6.02. The van der Waals surface area contributed by atoms with E-state index in [1.54, 1.807) is 0 Å². The normalized spacial score (nSPS) is 16.5. The van der Waals surface area contributed by atoms with Crippen molar-refractivity contribution in [3.63, 3.8) is 0 Å². The summed E-state index contributed by atoms with van der Waals surface area (Å²) in [7, 11) is 0. The van der Waals surface area contributed by atoms with E-state index in [9.17, 15) is 14.4 Å². The van der Waals surface area contributed by atoms with Gasteiger partial charge in [-0.1, -0.05) is 13.3 Å². The van der Waals surface area contributed by atoms with E-state index in [0.717, 1.165) is 6.42 Å². The summed E-state index contributed by atoms with van der Waals surface area (Å²) in [6, 6.07) is 0. The van der Waals surface area contributed by atoms with Gasteiger partial charge in [0.05, 0.1) is 10.5 Å². The van der Waals surface area contributed by atoms with E-state index in [1.807, 2.05) is 6.92 Å². The molecule has 5 nitrogen and oxygen atoms in total. The monoisotopic (exact) mass is 277 g/mol. The van der Waals surface area contributed by atoms with Crippen molar-refractivity contribution in [3.05, 3.63) is 0 Å². The summed E-state index contributed by atoms with van der Waals surface area (Å²) in [5.74, 6) is -1.64. The predicted molar refractivity (Wildman–Crippen MR) is 67.4 cm³/mol. The quantitative estimate of drug-likeness (QED) is 0.452. The molecule has 17 heavy (non-hydrogen) atoms. The zero-order valence-electron chi connectivity index (χ0n) is 9.51. The van der Waals surface area contributed by atoms with E-state index < -0.39 is 21.9 Å². The van der Waals surface area contributed by atoms with E-state index in [-0.39, 0.29) is 19.3 Å². The fourth-order valence-corrected chi connectivity index (χ4v) is 2.22. The topological polar surface area (TPSA) is 63.7 Å². The van der Waals surface area contributed by atoms with Crippen molar-refractivity contribution < 1.29 is 19.2 Å². The zero-order valence-corrected chi connectivity index (χ0v) is 11.3. The van der Waals surface area contributed by atoms with Crippen molar-refractivity contribution in [3.8, 4) is 0 Å². The van der Waals surface area contributed by atoms with Crippen LogP contribution in [0.5, 0.6) is 0 Å². The molecule has 1 aliphatic heterocycles. The summed E-state index contributed by atoms with van der Waals surface area (Å²) in [6.45, 7) is 1.94. The van der Waals surface area contributed by atoms with Gasteiger partial charge in [-0.2, -0.15) is 25.3 Å². The van der Waals surface area contributed by atoms with Crippen molar-refractivity contribution in [2.75, 3.05) is 0 Å². The Balaban J connectivity index is 2.49. The summed E-state index contributed by atoms with van der Waals surface area (Å²) in [6.07, 6.45) is 1.56. The van der Waals surface area contributed by atoms with Crippen LogP contribution in [-0.2, 0) is 19.2 Å². The number of hydroxylamine groups is 2. The molecular formula is C10H15NO4S2. The summed E-state index contributed by atoms with van der Waals surface area (Å²) >= 11 is 8.45. The first-order chi connectivity index (χ1) is 7.85. The zero-order chi connectivity index (χ0) is 13.1. The first-order valence-corrected chi connectivity index (χ1v) is 6.26. The third-order valence-electron chi connectivity index (χ3n) is 2.28. The average molecular weight is 277 g/mol. The number of thiol groups is 2. The molecule has 0 aromatic carbocycles. The molecule has 1 heterocycles. The minimum Gasteiger partial charge on any atom is -0.330 e. The fourth-order valence-electron chi connectivity index (χ4n) is 1.51. The lowest BCUT2D eigenvalue weighted by Crippen LogP contribution is -2.34. The maximum absolute atomic E-state index is 11.5. The molecule has 0 spiro atoms. The van der Waals surface area contributed by atoms with Crippen LogP contribution >= 0.6 is 25.3 Å². The first-order valence-electron chi connectivity index (χ1n) is 5.37. The molecule has 2 amide bonds. The van der Waals surface area contributed by atoms with Crippen LogP contribution in [0.2, 0.25) is 0 Å². The van der Waals surface area contributed by atoms with Crippen molar-refractivity contribution >= 4 is 43.0 Å². The summed E-state index contributed by atoms with van der Waals surface area (Å²) < 4.78 is -0.780. The van der Waals surface area contributed by atoms with Crippen LogP contribution in [0.4, 0.5) is 0 Å². The van der Waals surface area contributed by atoms with Gasteiger partial charge in [0.1, 0.15) is 0 Å². The standard InChI is InChI=1S/C10H15NO4S2/c1-2-5-10(16,17)6-9(14)15-11-7(12)3-4-8(11)13/h16-17H,2-6H2,1H3. The molecule has 0 saturated carbocycles. The van der Waals surface area contributed by atoms with Gasteiger partial charge in [-0.25, -0.2) is 4.79 Å². The minimum atomic E-state index is -0.780. The van der Waals surface area contributed by atoms with Gasteiger partial charge in [0, 0.05) is 12.8 Å². The fraction of sp³-hybridized carbons (Fsp3) is 0.700. The molecule has 7 heteroatoms. The van der Waals surface area contributed by atoms with Gasteiger partial charge < -0.3 is 4.84 Å². The highest BCUT2D eigenvalue weighted by Crippen LogP contribution is 2.30. The SMILES string of the molecule is CCCC(S)(S)CC(=O)ON1C(=O)CCC1=O. The van der Waals surface area contributed by atoms with Crippen LogP contribution in [0.3, 0.4) is 0 Å². The van der Waals surface area contributed by atoms with Crippen molar-refractivity contribution in [1.29, 1.82) is 0 Å². The Morgan fingerprint density at radius 1 is 1.35 bits per heavy atom. The van der Waals surface area contributed by atoms with Gasteiger partial charge in [0.2, 0.25) is 0 Å². The number of nitrogens with zero attached hydrogens (tertiary/aromatic N) is 1. The van der Waals surface area contributed by atoms with E-state index in [1.165, 1.54) is 0 Å². The summed E-state index contributed by atoms with van der Waals surface area (Å²) in [5.41, 5.74) is 0. The maximum atomic E-state index is 11.5. The van der Waals surface area contributed by atoms with Gasteiger partial charge in [-0.15, -0.1) is 5.06 Å². The summed E-state index contributed by atoms with van der Waals surface area (Å²) in [5, 5.41) is 0.534. The molecule has 0 unspecified atom stereocenters. The highest BCUT2D eigenvalue weighted by molar-refractivity contribution is 8.00. The molecule has 0 aromatic rings. The number of hydrogen-bond acceptors (Lipinski definition) is 6. The highest BCUT2D eigenvalue weighted by Gasteiger charge is 2.34. The van der Waals surface area contributed by atoms with Crippen molar-refractivity contribution in [1.82, 2.24) is 5.06 Å². The highest BCUT2D eigenvalue weighted by atomic mass is 32.2. The van der Waals surface area contributed by atoms with Crippen LogP contribution in [0.15, 0.2) is 0 Å². The Morgan fingerprint density at radius 2 is 1.88 bits per heavy atom. The molecule has 0 bridgehead atoms. The Kier molecular flexibility index (Phi) is 4.88. The number of hydrogen-bond donors (Lipinski definition) is 2. The number of rotatable bonds is 5. The van der Waals surface area contributed by atoms with Gasteiger partial charge in [0.15, 0.2) is 0 Å². The van der Waals surface area contributed by atoms with Crippen LogP contribution in [-0.4, -0.2) is 26.9 Å². The number of carbonyl (C=O) groups excluding carboxylic acids is 3. The first kappa shape index (κ1) is 14.4. The third kappa shape index (κ3) is 4.23. The Bertz CT molecular complexity index is 327. The van der Waals surface area contributed by atoms with Gasteiger partial charge in [0.25, 0.3) is 11.8 Å². The van der Waals surface area contributed by atoms with Gasteiger partial charge in [-0.05, 0) is 6.42 Å². The Morgan fingerprint density at radius 3 is 2.35 bits per heavy atom. The predicted octanol–water partition coefficient (Wildman–Crippen LogP) is 1.34. The maximum Gasteiger partial charge on any atom is 0.335 e. The lowest BCUT2D eigenvalue weighted by Gasteiger charge is -2.21. The molecule has 0 aliphatic carbocycles. The van der Waals surface area contributed by atoms with Crippen LogP contribution in [0.1, 0.15) is 39.0 Å². The number of imide groups is 1.